The Bertz CT molecular complexity index is 1240. The van der Waals surface area contributed by atoms with Crippen LogP contribution in [0.1, 0.15) is 48.8 Å². The maximum atomic E-state index is 12.9. The van der Waals surface area contributed by atoms with Crippen LogP contribution in [0.25, 0.3) is 0 Å². The molecule has 0 saturated heterocycles. The number of ether oxygens (including phenoxy) is 1. The first-order chi connectivity index (χ1) is 20.9. The Balaban J connectivity index is 1.39. The van der Waals surface area contributed by atoms with Crippen LogP contribution >= 0.6 is 0 Å². The second-order valence-electron chi connectivity index (χ2n) is 10.6. The van der Waals surface area contributed by atoms with Gasteiger partial charge in [0.2, 0.25) is 5.91 Å². The average Bonchev–Trinajstić information content (AvgIpc) is 3.25. The van der Waals surface area contributed by atoms with Crippen LogP contribution in [0.3, 0.4) is 0 Å². The number of aliphatic hydroxyl groups excluding tert-OH is 3. The maximum absolute atomic E-state index is 12.9. The van der Waals surface area contributed by atoms with Crippen molar-refractivity contribution in [2.45, 2.75) is 69.7 Å². The van der Waals surface area contributed by atoms with Crippen molar-refractivity contribution in [1.82, 2.24) is 10.7 Å². The Morgan fingerprint density at radius 2 is 1.82 bits per heavy atom. The van der Waals surface area contributed by atoms with Gasteiger partial charge < -0.3 is 25.4 Å². The van der Waals surface area contributed by atoms with E-state index in [2.05, 4.69) is 10.2 Å². The molecule has 1 amide bonds. The number of benzene rings is 2. The lowest BCUT2D eigenvalue weighted by molar-refractivity contribution is -0.497. The molecule has 242 valence electrons. The molecule has 0 aromatic heterocycles. The number of hydrogen-bond acceptors (Lipinski definition) is 9. The molecule has 2 aromatic rings. The molecular formula is C31H39F3N2O8. The van der Waals surface area contributed by atoms with E-state index in [0.29, 0.717) is 31.2 Å². The van der Waals surface area contributed by atoms with Crippen LogP contribution in [-0.4, -0.2) is 61.9 Å². The predicted octanol–water partition coefficient (Wildman–Crippen LogP) is 4.30. The van der Waals surface area contributed by atoms with Gasteiger partial charge in [-0.1, -0.05) is 54.6 Å². The number of aliphatic hydroxyl groups is 3. The topological polar surface area (TPSA) is 152 Å². The van der Waals surface area contributed by atoms with Crippen molar-refractivity contribution in [3.63, 3.8) is 0 Å². The fourth-order valence-corrected chi connectivity index (χ4v) is 4.99. The lowest BCUT2D eigenvalue weighted by atomic mass is 9.89. The highest BCUT2D eigenvalue weighted by Crippen LogP contribution is 2.36. The summed E-state index contributed by atoms with van der Waals surface area (Å²) in [6.07, 6.45) is 1.76. The summed E-state index contributed by atoms with van der Waals surface area (Å²) in [7, 11) is 0. The van der Waals surface area contributed by atoms with Crippen molar-refractivity contribution in [2.75, 3.05) is 6.61 Å². The van der Waals surface area contributed by atoms with E-state index >= 15 is 0 Å². The predicted molar refractivity (Wildman–Crippen MR) is 152 cm³/mol. The van der Waals surface area contributed by atoms with Crippen LogP contribution in [-0.2, 0) is 29.0 Å². The molecule has 0 bridgehead atoms. The zero-order valence-corrected chi connectivity index (χ0v) is 24.0. The molecule has 0 radical (unpaired) electrons. The summed E-state index contributed by atoms with van der Waals surface area (Å²) >= 11 is 0. The van der Waals surface area contributed by atoms with Crippen LogP contribution in [0, 0.1) is 11.8 Å². The van der Waals surface area contributed by atoms with Crippen molar-refractivity contribution in [2.24, 2.45) is 11.8 Å². The monoisotopic (exact) mass is 624 g/mol. The number of unbranched alkanes of at least 4 members (excludes halogenated alkanes) is 1. The lowest BCUT2D eigenvalue weighted by Crippen LogP contribution is -2.23. The number of rotatable bonds is 16. The van der Waals surface area contributed by atoms with E-state index in [1.54, 1.807) is 30.3 Å². The zero-order chi connectivity index (χ0) is 32.1. The molecule has 2 aromatic carbocycles. The first-order valence-corrected chi connectivity index (χ1v) is 14.3. The number of amides is 1. The Morgan fingerprint density at radius 3 is 2.55 bits per heavy atom. The van der Waals surface area contributed by atoms with E-state index in [9.17, 15) is 33.3 Å². The molecule has 1 saturated carbocycles. The quantitative estimate of drug-likeness (QED) is 0.0912. The molecule has 1 fully saturated rings. The van der Waals surface area contributed by atoms with Gasteiger partial charge in [-0.05, 0) is 54.5 Å². The minimum atomic E-state index is -4.51. The zero-order valence-electron chi connectivity index (χ0n) is 24.0. The van der Waals surface area contributed by atoms with Crippen molar-refractivity contribution in [3.8, 4) is 5.75 Å². The molecular weight excluding hydrogens is 585 g/mol. The van der Waals surface area contributed by atoms with Gasteiger partial charge in [0, 0.05) is 25.3 Å². The Hall–Kier alpha value is -3.30. The van der Waals surface area contributed by atoms with Crippen LogP contribution in [0.4, 0.5) is 13.2 Å². The van der Waals surface area contributed by atoms with E-state index in [1.165, 1.54) is 18.2 Å². The fourth-order valence-electron chi connectivity index (χ4n) is 4.99. The van der Waals surface area contributed by atoms with Crippen LogP contribution < -0.4 is 10.1 Å². The average molecular weight is 625 g/mol. The van der Waals surface area contributed by atoms with Gasteiger partial charge in [0.1, 0.15) is 18.5 Å². The van der Waals surface area contributed by atoms with Crippen LogP contribution in [0.5, 0.6) is 5.75 Å². The highest BCUT2D eigenvalue weighted by Gasteiger charge is 2.39. The second-order valence-corrected chi connectivity index (χ2v) is 10.6. The third-order valence-electron chi connectivity index (χ3n) is 7.33. The number of hydrogen-bond donors (Lipinski definition) is 6. The van der Waals surface area contributed by atoms with Gasteiger partial charge in [-0.25, -0.2) is 4.84 Å². The van der Waals surface area contributed by atoms with Gasteiger partial charge >= 0.3 is 6.18 Å². The molecule has 44 heavy (non-hydrogen) atoms. The standard InChI is InChI=1S/C31H39F3N2O8/c32-31(33,34)23-10-7-11-25(16-23)43-20-24(37)14-15-27-26(28(38)17-29(27)39)12-3-1-2-4-13-30(40)35-18-21-8-5-6-9-22(21)19-44-36(41)42/h1,3,5-11,14-16,24,26-29,37-39,41-42H,2,4,12-13,17-20H2,(H,35,40)/b3-1-,15-14+/t24-,26-,27-,28+,29-/m1/s1. The van der Waals surface area contributed by atoms with Gasteiger partial charge in [-0.3, -0.25) is 15.2 Å². The van der Waals surface area contributed by atoms with Gasteiger partial charge in [0.15, 0.2) is 0 Å². The van der Waals surface area contributed by atoms with Crippen LogP contribution in [0.15, 0.2) is 72.8 Å². The first kappa shape index (κ1) is 35.2. The molecule has 0 unspecified atom stereocenters. The van der Waals surface area contributed by atoms with E-state index in [1.807, 2.05) is 12.2 Å². The third-order valence-corrected chi connectivity index (χ3v) is 7.33. The summed E-state index contributed by atoms with van der Waals surface area (Å²) in [5.74, 6) is -0.908. The number of halogens is 3. The number of allylic oxidation sites excluding steroid dienone is 2. The second kappa shape index (κ2) is 17.3. The highest BCUT2D eigenvalue weighted by molar-refractivity contribution is 5.75. The smallest absolute Gasteiger partial charge is 0.416 e. The summed E-state index contributed by atoms with van der Waals surface area (Å²) in [4.78, 5) is 16.9. The summed E-state index contributed by atoms with van der Waals surface area (Å²) in [6, 6.07) is 11.5. The molecule has 10 nitrogen and oxygen atoms in total. The first-order valence-electron chi connectivity index (χ1n) is 14.3. The van der Waals surface area contributed by atoms with Gasteiger partial charge in [-0.2, -0.15) is 13.2 Å². The van der Waals surface area contributed by atoms with Gasteiger partial charge in [0.25, 0.3) is 0 Å². The number of carbonyl (C=O) groups excluding carboxylic acids is 1. The molecule has 1 aliphatic rings. The molecule has 13 heteroatoms. The summed E-state index contributed by atoms with van der Waals surface area (Å²) in [5.41, 5.74) is 0.612. The number of alkyl halides is 3. The van der Waals surface area contributed by atoms with Crippen molar-refractivity contribution >= 4 is 5.91 Å². The van der Waals surface area contributed by atoms with E-state index < -0.39 is 36.0 Å². The summed E-state index contributed by atoms with van der Waals surface area (Å²) in [6.45, 7) is -0.103. The Kier molecular flexibility index (Phi) is 13.8. The number of nitrogens with one attached hydrogen (secondary N) is 1. The number of carbonyl (C=O) groups is 1. The van der Waals surface area contributed by atoms with Crippen molar-refractivity contribution in [3.05, 3.63) is 89.5 Å². The van der Waals surface area contributed by atoms with Gasteiger partial charge in [0.05, 0.1) is 29.8 Å². The molecule has 3 rings (SSSR count). The van der Waals surface area contributed by atoms with Crippen molar-refractivity contribution in [1.29, 1.82) is 0 Å². The maximum Gasteiger partial charge on any atom is 0.416 e. The third kappa shape index (κ3) is 11.7. The molecule has 5 atom stereocenters. The fraction of sp³-hybridized carbons (Fsp3) is 0.452. The molecule has 0 heterocycles. The van der Waals surface area contributed by atoms with E-state index in [-0.39, 0.29) is 49.1 Å². The van der Waals surface area contributed by atoms with Crippen molar-refractivity contribution < 1.29 is 53.3 Å². The van der Waals surface area contributed by atoms with E-state index in [4.69, 9.17) is 15.2 Å². The SMILES string of the molecule is O=C(CCC/C=C\C[C@@H]1[C@@H](/C=C/[C@@H](O)COc2cccc(C(F)(F)F)c2)[C@H](O)C[C@@H]1O)NCc1ccccc1CON(O)O. The normalized spacial score (nSPS) is 21.4. The van der Waals surface area contributed by atoms with Gasteiger partial charge in [-0.15, -0.1) is 0 Å². The highest BCUT2D eigenvalue weighted by atomic mass is 19.4. The largest absolute Gasteiger partial charge is 0.491 e. The number of nitrogens with zero attached hydrogens (tertiary/aromatic N) is 1. The minimum Gasteiger partial charge on any atom is -0.491 e. The minimum absolute atomic E-state index is 0.0289. The molecule has 0 spiro atoms. The lowest BCUT2D eigenvalue weighted by Gasteiger charge is -2.19. The Morgan fingerprint density at radius 1 is 1.07 bits per heavy atom. The summed E-state index contributed by atoms with van der Waals surface area (Å²) in [5, 5.41) is 51.1. The summed E-state index contributed by atoms with van der Waals surface area (Å²) < 4.78 is 43.9. The molecule has 6 N–H and O–H groups in total. The van der Waals surface area contributed by atoms with E-state index in [0.717, 1.165) is 17.7 Å². The molecule has 0 aliphatic heterocycles. The molecule has 1 aliphatic carbocycles. The van der Waals surface area contributed by atoms with Crippen LogP contribution in [0.2, 0.25) is 0 Å². The Labute approximate surface area is 253 Å².